The molecule has 0 saturated heterocycles. The normalized spacial score (nSPS) is 27.5. The second-order valence-electron chi connectivity index (χ2n) is 9.00. The summed E-state index contributed by atoms with van der Waals surface area (Å²) in [5.41, 5.74) is 0.152. The van der Waals surface area contributed by atoms with Crippen LogP contribution in [0.4, 0.5) is 4.39 Å². The monoisotopic (exact) mass is 410 g/mol. The maximum absolute atomic E-state index is 14.5. The van der Waals surface area contributed by atoms with Gasteiger partial charge in [-0.15, -0.1) is 11.3 Å². The molecule has 1 unspecified atom stereocenters. The van der Waals surface area contributed by atoms with Crippen LogP contribution in [0.3, 0.4) is 0 Å². The first kappa shape index (κ1) is 21.8. The maximum Gasteiger partial charge on any atom is 0.345 e. The van der Waals surface area contributed by atoms with Crippen molar-refractivity contribution in [3.05, 3.63) is 21.9 Å². The van der Waals surface area contributed by atoms with Crippen LogP contribution in [-0.4, -0.2) is 28.5 Å². The van der Waals surface area contributed by atoms with E-state index < -0.39 is 12.1 Å². The first-order chi connectivity index (χ1) is 13.4. The molecular weight excluding hydrogens is 375 g/mol. The smallest absolute Gasteiger partial charge is 0.345 e. The van der Waals surface area contributed by atoms with Crippen molar-refractivity contribution in [2.75, 3.05) is 0 Å². The Morgan fingerprint density at radius 1 is 1.29 bits per heavy atom. The SMILES string of the molecule is CCC1(C(O)CCC[C@@H]2[C@@H](CCCc3ccc(C(=O)O)s3)CC[C@H]2F)CCC1. The molecule has 0 spiro atoms. The second-order valence-corrected chi connectivity index (χ2v) is 10.2. The van der Waals surface area contributed by atoms with Crippen molar-refractivity contribution >= 4 is 17.3 Å². The molecular formula is C23H35FO3S. The molecule has 2 aliphatic carbocycles. The zero-order valence-electron chi connectivity index (χ0n) is 17.0. The summed E-state index contributed by atoms with van der Waals surface area (Å²) in [5, 5.41) is 19.6. The summed E-state index contributed by atoms with van der Waals surface area (Å²) in [6.07, 6.45) is 10.9. The molecule has 1 heterocycles. The largest absolute Gasteiger partial charge is 0.477 e. The number of hydrogen-bond donors (Lipinski definition) is 2. The Kier molecular flexibility index (Phi) is 7.54. The van der Waals surface area contributed by atoms with Crippen LogP contribution in [0.2, 0.25) is 0 Å². The summed E-state index contributed by atoms with van der Waals surface area (Å²) < 4.78 is 14.5. The molecule has 3 rings (SSSR count). The lowest BCUT2D eigenvalue weighted by Gasteiger charge is -2.45. The lowest BCUT2D eigenvalue weighted by atomic mass is 9.62. The van der Waals surface area contributed by atoms with Crippen LogP contribution >= 0.6 is 11.3 Å². The Balaban J connectivity index is 1.41. The van der Waals surface area contributed by atoms with Crippen LogP contribution in [0.1, 0.15) is 92.1 Å². The molecule has 2 fully saturated rings. The molecule has 0 bridgehead atoms. The Hall–Kier alpha value is -0.940. The highest BCUT2D eigenvalue weighted by molar-refractivity contribution is 7.13. The molecule has 1 aromatic heterocycles. The number of alkyl halides is 1. The number of carboxylic acids is 1. The van der Waals surface area contributed by atoms with Crippen LogP contribution in [0, 0.1) is 17.3 Å². The predicted molar refractivity (Wildman–Crippen MR) is 112 cm³/mol. The molecule has 0 aromatic carbocycles. The standard InChI is InChI=1S/C23H35FO3S/c1-2-23(14-5-15-23)21(25)9-4-8-18-16(10-12-19(18)24)6-3-7-17-11-13-20(28-17)22(26)27/h11,13,16,18-19,21,25H,2-10,12,14-15H2,1H3,(H,26,27)/t16-,18+,19+,21?/m0/s1. The van der Waals surface area contributed by atoms with Crippen molar-refractivity contribution in [1.82, 2.24) is 0 Å². The average Bonchev–Trinajstić information content (AvgIpc) is 3.23. The number of hydrogen-bond acceptors (Lipinski definition) is 3. The average molecular weight is 411 g/mol. The second kappa shape index (κ2) is 9.71. The minimum Gasteiger partial charge on any atom is -0.477 e. The van der Waals surface area contributed by atoms with Gasteiger partial charge in [0.2, 0.25) is 0 Å². The minimum absolute atomic E-state index is 0.143. The molecule has 28 heavy (non-hydrogen) atoms. The van der Waals surface area contributed by atoms with Crippen LogP contribution in [0.15, 0.2) is 12.1 Å². The van der Waals surface area contributed by atoms with Crippen molar-refractivity contribution in [1.29, 1.82) is 0 Å². The van der Waals surface area contributed by atoms with Crippen molar-refractivity contribution < 1.29 is 19.4 Å². The lowest BCUT2D eigenvalue weighted by Crippen LogP contribution is -2.40. The van der Waals surface area contributed by atoms with Crippen LogP contribution in [0.25, 0.3) is 0 Å². The fourth-order valence-electron chi connectivity index (χ4n) is 5.44. The van der Waals surface area contributed by atoms with Gasteiger partial charge in [0.25, 0.3) is 0 Å². The van der Waals surface area contributed by atoms with Crippen molar-refractivity contribution in [3.8, 4) is 0 Å². The van der Waals surface area contributed by atoms with Gasteiger partial charge in [-0.1, -0.05) is 19.8 Å². The topological polar surface area (TPSA) is 57.5 Å². The van der Waals surface area contributed by atoms with E-state index in [0.717, 1.165) is 69.1 Å². The summed E-state index contributed by atoms with van der Waals surface area (Å²) >= 11 is 1.35. The van der Waals surface area contributed by atoms with Gasteiger partial charge in [-0.2, -0.15) is 0 Å². The number of carbonyl (C=O) groups is 1. The van der Waals surface area contributed by atoms with E-state index >= 15 is 0 Å². The molecule has 1 aromatic rings. The number of halogens is 1. The van der Waals surface area contributed by atoms with Gasteiger partial charge in [0.15, 0.2) is 0 Å². The highest BCUT2D eigenvalue weighted by Crippen LogP contribution is 2.48. The third-order valence-electron chi connectivity index (χ3n) is 7.53. The minimum atomic E-state index is -0.860. The summed E-state index contributed by atoms with van der Waals surface area (Å²) in [5.74, 6) is -0.278. The zero-order chi connectivity index (χ0) is 20.1. The third kappa shape index (κ3) is 4.96. The first-order valence-electron chi connectivity index (χ1n) is 11.1. The fraction of sp³-hybridized carbons (Fsp3) is 0.783. The highest BCUT2D eigenvalue weighted by Gasteiger charge is 2.41. The number of aliphatic hydroxyl groups excluding tert-OH is 1. The molecule has 5 heteroatoms. The number of rotatable bonds is 11. The van der Waals surface area contributed by atoms with Gasteiger partial charge in [0.05, 0.1) is 6.10 Å². The van der Waals surface area contributed by atoms with Gasteiger partial charge >= 0.3 is 5.97 Å². The molecule has 3 nitrogen and oxygen atoms in total. The molecule has 2 N–H and O–H groups in total. The molecule has 4 atom stereocenters. The van der Waals surface area contributed by atoms with E-state index in [1.54, 1.807) is 6.07 Å². The third-order valence-corrected chi connectivity index (χ3v) is 8.66. The van der Waals surface area contributed by atoms with E-state index in [-0.39, 0.29) is 17.4 Å². The predicted octanol–water partition coefficient (Wildman–Crippen LogP) is 6.24. The Morgan fingerprint density at radius 2 is 2.07 bits per heavy atom. The molecule has 0 radical (unpaired) electrons. The van der Waals surface area contributed by atoms with E-state index in [2.05, 4.69) is 6.92 Å². The first-order valence-corrected chi connectivity index (χ1v) is 11.9. The summed E-state index contributed by atoms with van der Waals surface area (Å²) in [4.78, 5) is 12.5. The maximum atomic E-state index is 14.5. The molecule has 0 amide bonds. The van der Waals surface area contributed by atoms with Crippen molar-refractivity contribution in [2.45, 2.75) is 96.2 Å². The summed E-state index contributed by atoms with van der Waals surface area (Å²) in [7, 11) is 0. The summed E-state index contributed by atoms with van der Waals surface area (Å²) in [6, 6.07) is 3.58. The summed E-state index contributed by atoms with van der Waals surface area (Å²) in [6.45, 7) is 2.18. The van der Waals surface area contributed by atoms with Gasteiger partial charge in [-0.3, -0.25) is 0 Å². The quantitative estimate of drug-likeness (QED) is 0.454. The van der Waals surface area contributed by atoms with E-state index in [1.807, 2.05) is 6.07 Å². The van der Waals surface area contributed by atoms with E-state index in [9.17, 15) is 14.3 Å². The van der Waals surface area contributed by atoms with Crippen LogP contribution < -0.4 is 0 Å². The van der Waals surface area contributed by atoms with E-state index in [1.165, 1.54) is 17.8 Å². The number of aliphatic hydroxyl groups is 1. The van der Waals surface area contributed by atoms with Gasteiger partial charge in [-0.25, -0.2) is 9.18 Å². The van der Waals surface area contributed by atoms with Crippen molar-refractivity contribution in [3.63, 3.8) is 0 Å². The zero-order valence-corrected chi connectivity index (χ0v) is 17.9. The lowest BCUT2D eigenvalue weighted by molar-refractivity contribution is -0.0440. The highest BCUT2D eigenvalue weighted by atomic mass is 32.1. The Labute approximate surface area is 172 Å². The molecule has 0 aliphatic heterocycles. The van der Waals surface area contributed by atoms with Gasteiger partial charge in [0, 0.05) is 4.88 Å². The van der Waals surface area contributed by atoms with E-state index in [0.29, 0.717) is 17.2 Å². The Bertz CT molecular complexity index is 634. The van der Waals surface area contributed by atoms with Crippen LogP contribution in [0.5, 0.6) is 0 Å². The molecule has 158 valence electrons. The van der Waals surface area contributed by atoms with Gasteiger partial charge in [-0.05, 0) is 93.6 Å². The molecule has 2 saturated carbocycles. The Morgan fingerprint density at radius 3 is 2.68 bits per heavy atom. The van der Waals surface area contributed by atoms with Gasteiger partial charge in [0.1, 0.15) is 11.0 Å². The number of carboxylic acid groups (broad SMARTS) is 1. The van der Waals surface area contributed by atoms with Gasteiger partial charge < -0.3 is 10.2 Å². The van der Waals surface area contributed by atoms with E-state index in [4.69, 9.17) is 5.11 Å². The number of aromatic carboxylic acids is 1. The fourth-order valence-corrected chi connectivity index (χ4v) is 6.33. The number of aryl methyl sites for hydroxylation is 1. The molecule has 2 aliphatic rings. The van der Waals surface area contributed by atoms with Crippen molar-refractivity contribution in [2.24, 2.45) is 17.3 Å². The number of thiophene rings is 1. The van der Waals surface area contributed by atoms with Crippen LogP contribution in [-0.2, 0) is 6.42 Å².